The first-order chi connectivity index (χ1) is 14.6. The monoisotopic (exact) mass is 431 g/mol. The lowest BCUT2D eigenvalue weighted by molar-refractivity contribution is -0.121. The minimum Gasteiger partial charge on any atom is -0.494 e. The second kappa shape index (κ2) is 11.3. The van der Waals surface area contributed by atoms with Gasteiger partial charge in [0.2, 0.25) is 5.91 Å². The van der Waals surface area contributed by atoms with Crippen molar-refractivity contribution in [3.63, 3.8) is 0 Å². The number of ether oxygens (including phenoxy) is 1. The minimum absolute atomic E-state index is 0.0439. The van der Waals surface area contributed by atoms with Crippen molar-refractivity contribution in [2.24, 2.45) is 0 Å². The Labute approximate surface area is 183 Å². The molecule has 2 aromatic rings. The first kappa shape index (κ1) is 22.5. The Morgan fingerprint density at radius 1 is 1.30 bits per heavy atom. The molecule has 8 heteroatoms. The molecule has 1 atom stereocenters. The number of H-pyrrole nitrogens is 1. The van der Waals surface area contributed by atoms with E-state index in [0.29, 0.717) is 36.9 Å². The van der Waals surface area contributed by atoms with Gasteiger partial charge in [0.05, 0.1) is 6.61 Å². The predicted molar refractivity (Wildman–Crippen MR) is 121 cm³/mol. The SMILES string of the molecule is CCOc1ccc(-c2n[nH]c(=S)n2CCC(=O)NCCCN2CCCCC2C)cc1. The molecule has 7 nitrogen and oxygen atoms in total. The summed E-state index contributed by atoms with van der Waals surface area (Å²) in [7, 11) is 0. The molecule has 164 valence electrons. The summed E-state index contributed by atoms with van der Waals surface area (Å²) < 4.78 is 7.89. The van der Waals surface area contributed by atoms with Crippen molar-refractivity contribution in [1.82, 2.24) is 25.0 Å². The number of benzene rings is 1. The van der Waals surface area contributed by atoms with Crippen LogP contribution in [0, 0.1) is 4.77 Å². The molecule has 1 fully saturated rings. The summed E-state index contributed by atoms with van der Waals surface area (Å²) in [5.74, 6) is 1.60. The van der Waals surface area contributed by atoms with Gasteiger partial charge in [-0.3, -0.25) is 14.5 Å². The molecule has 1 aromatic carbocycles. The molecule has 0 bridgehead atoms. The third-order valence-corrected chi connectivity index (χ3v) is 5.94. The Morgan fingerprint density at radius 2 is 2.10 bits per heavy atom. The Hall–Kier alpha value is -2.19. The maximum atomic E-state index is 12.3. The third-order valence-electron chi connectivity index (χ3n) is 5.63. The van der Waals surface area contributed by atoms with Gasteiger partial charge in [-0.15, -0.1) is 0 Å². The van der Waals surface area contributed by atoms with Crippen LogP contribution >= 0.6 is 12.2 Å². The number of hydrogen-bond acceptors (Lipinski definition) is 5. The van der Waals surface area contributed by atoms with Gasteiger partial charge in [0.25, 0.3) is 0 Å². The highest BCUT2D eigenvalue weighted by atomic mass is 32.1. The number of rotatable bonds is 10. The van der Waals surface area contributed by atoms with Crippen molar-refractivity contribution in [1.29, 1.82) is 0 Å². The standard InChI is InChI=1S/C22H33N5O2S/c1-3-29-19-10-8-18(9-11-19)21-24-25-22(30)27(21)16-12-20(28)23-13-6-15-26-14-5-4-7-17(26)2/h8-11,17H,3-7,12-16H2,1-2H3,(H,23,28)(H,25,30). The lowest BCUT2D eigenvalue weighted by Crippen LogP contribution is -2.39. The Bertz CT molecular complexity index is 861. The zero-order chi connectivity index (χ0) is 21.3. The molecule has 1 saturated heterocycles. The first-order valence-electron chi connectivity index (χ1n) is 11.0. The lowest BCUT2D eigenvalue weighted by atomic mass is 10.0. The molecule has 0 saturated carbocycles. The summed E-state index contributed by atoms with van der Waals surface area (Å²) in [6.45, 7) is 8.33. The molecule has 2 heterocycles. The number of hydrogen-bond donors (Lipinski definition) is 2. The van der Waals surface area contributed by atoms with E-state index in [2.05, 4.69) is 27.3 Å². The zero-order valence-electron chi connectivity index (χ0n) is 18.0. The summed E-state index contributed by atoms with van der Waals surface area (Å²) in [4.78, 5) is 14.8. The van der Waals surface area contributed by atoms with Crippen LogP contribution in [-0.4, -0.2) is 57.9 Å². The Balaban J connectivity index is 1.46. The maximum Gasteiger partial charge on any atom is 0.221 e. The highest BCUT2D eigenvalue weighted by Crippen LogP contribution is 2.21. The molecule has 30 heavy (non-hydrogen) atoms. The summed E-state index contributed by atoms with van der Waals surface area (Å²) in [6, 6.07) is 8.40. The van der Waals surface area contributed by atoms with Crippen LogP contribution in [0.15, 0.2) is 24.3 Å². The van der Waals surface area contributed by atoms with E-state index in [1.165, 1.54) is 25.8 Å². The molecule has 1 amide bonds. The Morgan fingerprint density at radius 3 is 2.83 bits per heavy atom. The molecule has 2 N–H and O–H groups in total. The number of carbonyl (C=O) groups is 1. The molecule has 1 aliphatic rings. The van der Waals surface area contributed by atoms with E-state index in [0.717, 1.165) is 30.1 Å². The fourth-order valence-electron chi connectivity index (χ4n) is 3.91. The van der Waals surface area contributed by atoms with Gasteiger partial charge in [0, 0.05) is 37.7 Å². The minimum atomic E-state index is 0.0439. The summed E-state index contributed by atoms with van der Waals surface area (Å²) >= 11 is 5.36. The summed E-state index contributed by atoms with van der Waals surface area (Å²) in [5.41, 5.74) is 0.932. The molecule has 0 aliphatic carbocycles. The van der Waals surface area contributed by atoms with E-state index >= 15 is 0 Å². The van der Waals surface area contributed by atoms with Crippen molar-refractivity contribution in [2.45, 2.75) is 58.5 Å². The number of nitrogens with zero attached hydrogens (tertiary/aromatic N) is 3. The molecule has 1 aliphatic heterocycles. The van der Waals surface area contributed by atoms with Crippen LogP contribution in [0.4, 0.5) is 0 Å². The first-order valence-corrected chi connectivity index (χ1v) is 11.4. The van der Waals surface area contributed by atoms with Crippen LogP contribution in [0.25, 0.3) is 11.4 Å². The van der Waals surface area contributed by atoms with Gasteiger partial charge in [0.1, 0.15) is 5.75 Å². The van der Waals surface area contributed by atoms with Crippen LogP contribution in [0.3, 0.4) is 0 Å². The van der Waals surface area contributed by atoms with Gasteiger partial charge in [0.15, 0.2) is 10.6 Å². The normalized spacial score (nSPS) is 17.1. The topological polar surface area (TPSA) is 75.2 Å². The molecule has 0 radical (unpaired) electrons. The van der Waals surface area contributed by atoms with E-state index in [-0.39, 0.29) is 5.91 Å². The van der Waals surface area contributed by atoms with E-state index in [4.69, 9.17) is 17.0 Å². The maximum absolute atomic E-state index is 12.3. The van der Waals surface area contributed by atoms with Crippen molar-refractivity contribution < 1.29 is 9.53 Å². The number of likely N-dealkylation sites (tertiary alicyclic amines) is 1. The largest absolute Gasteiger partial charge is 0.494 e. The van der Waals surface area contributed by atoms with E-state index in [9.17, 15) is 4.79 Å². The molecule has 3 rings (SSSR count). The predicted octanol–water partition coefficient (Wildman–Crippen LogP) is 3.78. The van der Waals surface area contributed by atoms with Gasteiger partial charge in [-0.25, -0.2) is 0 Å². The van der Waals surface area contributed by atoms with Crippen molar-refractivity contribution in [3.8, 4) is 17.1 Å². The average molecular weight is 432 g/mol. The molecule has 0 spiro atoms. The van der Waals surface area contributed by atoms with Crippen molar-refractivity contribution in [3.05, 3.63) is 29.0 Å². The second-order valence-electron chi connectivity index (χ2n) is 7.80. The fraction of sp³-hybridized carbons (Fsp3) is 0.591. The summed E-state index contributed by atoms with van der Waals surface area (Å²) in [5, 5.41) is 10.2. The number of piperidine rings is 1. The summed E-state index contributed by atoms with van der Waals surface area (Å²) in [6.07, 6.45) is 5.27. The average Bonchev–Trinajstić information content (AvgIpc) is 3.12. The lowest BCUT2D eigenvalue weighted by Gasteiger charge is -2.33. The van der Waals surface area contributed by atoms with Crippen LogP contribution in [0.1, 0.15) is 46.0 Å². The van der Waals surface area contributed by atoms with Gasteiger partial charge in [-0.2, -0.15) is 5.10 Å². The quantitative estimate of drug-likeness (QED) is 0.442. The van der Waals surface area contributed by atoms with E-state index < -0.39 is 0 Å². The molecule has 1 aromatic heterocycles. The van der Waals surface area contributed by atoms with Gasteiger partial charge in [-0.05, 0) is 76.1 Å². The third kappa shape index (κ3) is 6.15. The number of carbonyl (C=O) groups excluding carboxylic acids is 1. The van der Waals surface area contributed by atoms with E-state index in [1.807, 2.05) is 35.8 Å². The number of amides is 1. The molecular weight excluding hydrogens is 398 g/mol. The smallest absolute Gasteiger partial charge is 0.221 e. The number of aromatic nitrogens is 3. The van der Waals surface area contributed by atoms with Crippen LogP contribution in [-0.2, 0) is 11.3 Å². The van der Waals surface area contributed by atoms with Crippen LogP contribution in [0.5, 0.6) is 5.75 Å². The highest BCUT2D eigenvalue weighted by Gasteiger charge is 2.17. The fourth-order valence-corrected chi connectivity index (χ4v) is 4.14. The highest BCUT2D eigenvalue weighted by molar-refractivity contribution is 7.71. The van der Waals surface area contributed by atoms with Crippen LogP contribution in [0.2, 0.25) is 0 Å². The van der Waals surface area contributed by atoms with Gasteiger partial charge < -0.3 is 15.0 Å². The second-order valence-corrected chi connectivity index (χ2v) is 8.18. The number of aromatic amines is 1. The van der Waals surface area contributed by atoms with E-state index in [1.54, 1.807) is 0 Å². The van der Waals surface area contributed by atoms with Gasteiger partial charge >= 0.3 is 0 Å². The molecular formula is C22H33N5O2S. The zero-order valence-corrected chi connectivity index (χ0v) is 18.8. The van der Waals surface area contributed by atoms with Gasteiger partial charge in [-0.1, -0.05) is 6.42 Å². The Kier molecular flexibility index (Phi) is 8.45. The molecule has 1 unspecified atom stereocenters. The van der Waals surface area contributed by atoms with Crippen molar-refractivity contribution >= 4 is 18.1 Å². The van der Waals surface area contributed by atoms with Crippen molar-refractivity contribution in [2.75, 3.05) is 26.2 Å². The van der Waals surface area contributed by atoms with Crippen LogP contribution < -0.4 is 10.1 Å². The number of nitrogens with one attached hydrogen (secondary N) is 2.